The molecule has 0 amide bonds. The molecule has 0 aliphatic carbocycles. The Morgan fingerprint density at radius 3 is 2.80 bits per heavy atom. The van der Waals surface area contributed by atoms with Crippen molar-refractivity contribution in [2.75, 3.05) is 46.4 Å². The molecular weight excluding hydrogens is 324 g/mol. The summed E-state index contributed by atoms with van der Waals surface area (Å²) in [5.74, 6) is 1.48. The third-order valence-corrected chi connectivity index (χ3v) is 3.87. The minimum atomic E-state index is -0.484. The molecule has 2 N–H and O–H groups in total. The number of rotatable bonds is 6. The number of benzene rings is 1. The van der Waals surface area contributed by atoms with Gasteiger partial charge in [-0.05, 0) is 34.1 Å². The van der Waals surface area contributed by atoms with E-state index >= 15 is 0 Å². The Morgan fingerprint density at radius 2 is 2.15 bits per heavy atom. The molecule has 0 saturated carbocycles. The maximum absolute atomic E-state index is 10.0. The molecule has 112 valence electrons. The third-order valence-electron chi connectivity index (χ3n) is 3.25. The molecule has 1 fully saturated rings. The molecule has 1 aromatic rings. The molecule has 0 radical (unpaired) electrons. The number of ether oxygens (including phenoxy) is 2. The van der Waals surface area contributed by atoms with Crippen molar-refractivity contribution >= 4 is 15.9 Å². The molecule has 1 saturated heterocycles. The second-order valence-electron chi connectivity index (χ2n) is 4.81. The van der Waals surface area contributed by atoms with E-state index in [0.717, 1.165) is 36.4 Å². The van der Waals surface area contributed by atoms with Crippen LogP contribution >= 0.6 is 15.9 Å². The van der Waals surface area contributed by atoms with Crippen LogP contribution in [0.15, 0.2) is 22.7 Å². The molecule has 6 heteroatoms. The molecule has 1 aromatic carbocycles. The number of halogens is 1. The van der Waals surface area contributed by atoms with Crippen molar-refractivity contribution in [3.63, 3.8) is 0 Å². The van der Waals surface area contributed by atoms with Gasteiger partial charge in [0, 0.05) is 32.7 Å². The van der Waals surface area contributed by atoms with Gasteiger partial charge < -0.3 is 19.9 Å². The average molecular weight is 345 g/mol. The van der Waals surface area contributed by atoms with Gasteiger partial charge in [-0.3, -0.25) is 4.90 Å². The summed E-state index contributed by atoms with van der Waals surface area (Å²) in [5, 5.41) is 13.3. The Morgan fingerprint density at radius 1 is 1.40 bits per heavy atom. The summed E-state index contributed by atoms with van der Waals surface area (Å²) >= 11 is 3.43. The van der Waals surface area contributed by atoms with Crippen molar-refractivity contribution in [3.8, 4) is 11.5 Å². The van der Waals surface area contributed by atoms with Crippen molar-refractivity contribution < 1.29 is 14.6 Å². The molecule has 5 nitrogen and oxygen atoms in total. The topological polar surface area (TPSA) is 54.0 Å². The lowest BCUT2D eigenvalue weighted by molar-refractivity contribution is 0.0638. The van der Waals surface area contributed by atoms with Crippen LogP contribution in [-0.4, -0.2) is 62.6 Å². The highest BCUT2D eigenvalue weighted by molar-refractivity contribution is 9.10. The number of β-amino-alcohol motifs (C(OH)–C–C–N with tert-alkyl or cyclic N) is 1. The highest BCUT2D eigenvalue weighted by atomic mass is 79.9. The first-order chi connectivity index (χ1) is 9.69. The monoisotopic (exact) mass is 344 g/mol. The van der Waals surface area contributed by atoms with Crippen molar-refractivity contribution in [1.29, 1.82) is 0 Å². The Kier molecular flexibility index (Phi) is 6.09. The summed E-state index contributed by atoms with van der Waals surface area (Å²) in [6.07, 6.45) is -0.484. The van der Waals surface area contributed by atoms with Crippen LogP contribution in [0.4, 0.5) is 0 Å². The zero-order valence-electron chi connectivity index (χ0n) is 11.6. The van der Waals surface area contributed by atoms with Crippen molar-refractivity contribution in [1.82, 2.24) is 10.2 Å². The second-order valence-corrected chi connectivity index (χ2v) is 5.67. The van der Waals surface area contributed by atoms with Gasteiger partial charge in [-0.15, -0.1) is 0 Å². The van der Waals surface area contributed by atoms with E-state index in [0.29, 0.717) is 12.3 Å². The van der Waals surface area contributed by atoms with Gasteiger partial charge >= 0.3 is 0 Å². The van der Waals surface area contributed by atoms with Gasteiger partial charge in [0.15, 0.2) is 0 Å². The quantitative estimate of drug-likeness (QED) is 0.809. The normalized spacial score (nSPS) is 17.8. The van der Waals surface area contributed by atoms with Crippen LogP contribution in [0.3, 0.4) is 0 Å². The van der Waals surface area contributed by atoms with Crippen LogP contribution < -0.4 is 14.8 Å². The van der Waals surface area contributed by atoms with Crippen molar-refractivity contribution in [2.45, 2.75) is 6.10 Å². The Bertz CT molecular complexity index is 425. The first-order valence-corrected chi connectivity index (χ1v) is 7.56. The molecule has 2 rings (SSSR count). The standard InChI is InChI=1S/C14H21BrN2O3/c1-19-12-2-3-14(13(15)8-12)20-10-11(18)9-17-6-4-16-5-7-17/h2-3,8,11,16,18H,4-7,9-10H2,1H3. The largest absolute Gasteiger partial charge is 0.497 e. The van der Waals surface area contributed by atoms with Crippen molar-refractivity contribution in [2.24, 2.45) is 0 Å². The summed E-state index contributed by atoms with van der Waals surface area (Å²) in [7, 11) is 1.62. The Balaban J connectivity index is 1.79. The summed E-state index contributed by atoms with van der Waals surface area (Å²) in [5.41, 5.74) is 0. The number of aliphatic hydroxyl groups is 1. The summed E-state index contributed by atoms with van der Waals surface area (Å²) in [6, 6.07) is 5.52. The fraction of sp³-hybridized carbons (Fsp3) is 0.571. The van der Waals surface area contributed by atoms with E-state index in [9.17, 15) is 5.11 Å². The van der Waals surface area contributed by atoms with Gasteiger partial charge in [-0.25, -0.2) is 0 Å². The van der Waals surface area contributed by atoms with Gasteiger partial charge in [0.05, 0.1) is 11.6 Å². The van der Waals surface area contributed by atoms with Crippen LogP contribution in [-0.2, 0) is 0 Å². The molecule has 1 unspecified atom stereocenters. The molecular formula is C14H21BrN2O3. The number of hydrogen-bond donors (Lipinski definition) is 2. The maximum Gasteiger partial charge on any atom is 0.133 e. The number of nitrogens with zero attached hydrogens (tertiary/aromatic N) is 1. The van der Waals surface area contributed by atoms with E-state index in [2.05, 4.69) is 26.1 Å². The number of aliphatic hydroxyl groups excluding tert-OH is 1. The number of piperazine rings is 1. The third kappa shape index (κ3) is 4.63. The zero-order chi connectivity index (χ0) is 14.4. The summed E-state index contributed by atoms with van der Waals surface area (Å²) in [6.45, 7) is 4.85. The number of hydrogen-bond acceptors (Lipinski definition) is 5. The van der Waals surface area contributed by atoms with Crippen LogP contribution in [0.2, 0.25) is 0 Å². The first-order valence-electron chi connectivity index (χ1n) is 6.76. The average Bonchev–Trinajstić information content (AvgIpc) is 2.47. The van der Waals surface area contributed by atoms with E-state index in [4.69, 9.17) is 9.47 Å². The SMILES string of the molecule is COc1ccc(OCC(O)CN2CCNCC2)c(Br)c1. The van der Waals surface area contributed by atoms with E-state index in [1.807, 2.05) is 18.2 Å². The van der Waals surface area contributed by atoms with E-state index in [-0.39, 0.29) is 6.61 Å². The van der Waals surface area contributed by atoms with Gasteiger partial charge in [0.25, 0.3) is 0 Å². The molecule has 1 heterocycles. The molecule has 0 spiro atoms. The first kappa shape index (κ1) is 15.6. The van der Waals surface area contributed by atoms with Crippen LogP contribution in [0.1, 0.15) is 0 Å². The highest BCUT2D eigenvalue weighted by Crippen LogP contribution is 2.29. The van der Waals surface area contributed by atoms with Crippen LogP contribution in [0, 0.1) is 0 Å². The van der Waals surface area contributed by atoms with Crippen LogP contribution in [0.5, 0.6) is 11.5 Å². The summed E-state index contributed by atoms with van der Waals surface area (Å²) in [4.78, 5) is 2.24. The molecule has 1 atom stereocenters. The van der Waals surface area contributed by atoms with E-state index < -0.39 is 6.10 Å². The van der Waals surface area contributed by atoms with Crippen LogP contribution in [0.25, 0.3) is 0 Å². The molecule has 0 aromatic heterocycles. The lowest BCUT2D eigenvalue weighted by Crippen LogP contribution is -2.47. The molecule has 1 aliphatic heterocycles. The Labute approximate surface area is 128 Å². The predicted molar refractivity (Wildman–Crippen MR) is 81.5 cm³/mol. The van der Waals surface area contributed by atoms with Gasteiger partial charge in [0.2, 0.25) is 0 Å². The fourth-order valence-corrected chi connectivity index (χ4v) is 2.63. The lowest BCUT2D eigenvalue weighted by Gasteiger charge is -2.29. The van der Waals surface area contributed by atoms with Gasteiger partial charge in [-0.1, -0.05) is 0 Å². The minimum absolute atomic E-state index is 0.287. The number of nitrogens with one attached hydrogen (secondary N) is 1. The smallest absolute Gasteiger partial charge is 0.133 e. The molecule has 0 bridgehead atoms. The van der Waals surface area contributed by atoms with E-state index in [1.54, 1.807) is 7.11 Å². The lowest BCUT2D eigenvalue weighted by atomic mass is 10.3. The molecule has 1 aliphatic rings. The number of methoxy groups -OCH3 is 1. The van der Waals surface area contributed by atoms with Gasteiger partial charge in [0.1, 0.15) is 24.2 Å². The van der Waals surface area contributed by atoms with E-state index in [1.165, 1.54) is 0 Å². The fourth-order valence-electron chi connectivity index (χ4n) is 2.16. The van der Waals surface area contributed by atoms with Crippen molar-refractivity contribution in [3.05, 3.63) is 22.7 Å². The van der Waals surface area contributed by atoms with Gasteiger partial charge in [-0.2, -0.15) is 0 Å². The highest BCUT2D eigenvalue weighted by Gasteiger charge is 2.15. The Hall–Kier alpha value is -0.820. The predicted octanol–water partition coefficient (Wildman–Crippen LogP) is 1.10. The zero-order valence-corrected chi connectivity index (χ0v) is 13.2. The molecule has 20 heavy (non-hydrogen) atoms. The maximum atomic E-state index is 10.0. The minimum Gasteiger partial charge on any atom is -0.497 e. The second kappa shape index (κ2) is 7.83. The summed E-state index contributed by atoms with van der Waals surface area (Å²) < 4.78 is 11.6.